The molecular weight excluding hydrogens is 441 g/mol. The first kappa shape index (κ1) is 21.7. The van der Waals surface area contributed by atoms with Gasteiger partial charge in [0.1, 0.15) is 11.6 Å². The van der Waals surface area contributed by atoms with Crippen LogP contribution in [0, 0.1) is 18.2 Å². The van der Waals surface area contributed by atoms with E-state index in [1.807, 2.05) is 13.0 Å². The Labute approximate surface area is 192 Å². The van der Waals surface area contributed by atoms with Gasteiger partial charge in [0.15, 0.2) is 0 Å². The van der Waals surface area contributed by atoms with E-state index in [9.17, 15) is 17.6 Å². The van der Waals surface area contributed by atoms with Crippen LogP contribution in [0.3, 0.4) is 0 Å². The molecular formula is C25H24FN3O3S. The van der Waals surface area contributed by atoms with E-state index in [1.165, 1.54) is 23.4 Å². The van der Waals surface area contributed by atoms with Gasteiger partial charge < -0.3 is 0 Å². The smallest absolute Gasteiger partial charge is 0.243 e. The minimum absolute atomic E-state index is 0.0576. The minimum atomic E-state index is -3.72. The highest BCUT2D eigenvalue weighted by atomic mass is 32.2. The van der Waals surface area contributed by atoms with Crippen molar-refractivity contribution in [3.05, 3.63) is 82.9 Å². The highest BCUT2D eigenvalue weighted by molar-refractivity contribution is 7.89. The van der Waals surface area contributed by atoms with Crippen LogP contribution in [-0.2, 0) is 21.2 Å². The first-order valence-corrected chi connectivity index (χ1v) is 12.3. The number of aromatic nitrogens is 2. The van der Waals surface area contributed by atoms with E-state index < -0.39 is 15.4 Å². The van der Waals surface area contributed by atoms with Gasteiger partial charge in [-0.15, -0.1) is 0 Å². The third kappa shape index (κ3) is 3.54. The normalized spacial score (nSPS) is 20.6. The quantitative estimate of drug-likeness (QED) is 0.585. The van der Waals surface area contributed by atoms with Gasteiger partial charge in [0.25, 0.3) is 0 Å². The number of carbonyl (C=O) groups excluding carboxylic acids is 1. The van der Waals surface area contributed by atoms with Gasteiger partial charge in [-0.05, 0) is 74.7 Å². The van der Waals surface area contributed by atoms with Gasteiger partial charge in [-0.3, -0.25) is 4.79 Å². The molecule has 0 bridgehead atoms. The fraction of sp³-hybridized carbons (Fsp3) is 0.280. The number of carbonyl (C=O) groups is 1. The van der Waals surface area contributed by atoms with Crippen LogP contribution in [0.25, 0.3) is 11.8 Å². The maximum atomic E-state index is 13.4. The lowest BCUT2D eigenvalue weighted by atomic mass is 9.66. The Hall–Kier alpha value is -3.10. The first-order valence-electron chi connectivity index (χ1n) is 10.8. The molecule has 0 radical (unpaired) electrons. The Bertz CT molecular complexity index is 1380. The van der Waals surface area contributed by atoms with Crippen molar-refractivity contribution in [3.63, 3.8) is 0 Å². The molecule has 0 N–H and O–H groups in total. The summed E-state index contributed by atoms with van der Waals surface area (Å²) in [6.07, 6.45) is 4.51. The molecule has 2 aromatic carbocycles. The lowest BCUT2D eigenvalue weighted by Crippen LogP contribution is -2.52. The molecule has 0 unspecified atom stereocenters. The number of benzene rings is 2. The van der Waals surface area contributed by atoms with Crippen molar-refractivity contribution in [2.75, 3.05) is 13.1 Å². The van der Waals surface area contributed by atoms with Crippen molar-refractivity contribution in [2.24, 2.45) is 5.41 Å². The number of nitrogens with zero attached hydrogens (tertiary/aromatic N) is 3. The number of hydrogen-bond acceptors (Lipinski definition) is 4. The number of ketones is 1. The van der Waals surface area contributed by atoms with Crippen LogP contribution < -0.4 is 0 Å². The summed E-state index contributed by atoms with van der Waals surface area (Å²) in [6.45, 7) is 3.85. The van der Waals surface area contributed by atoms with Crippen molar-refractivity contribution in [1.29, 1.82) is 0 Å². The molecule has 1 fully saturated rings. The highest BCUT2D eigenvalue weighted by Crippen LogP contribution is 2.45. The third-order valence-electron chi connectivity index (χ3n) is 6.78. The molecule has 6 nitrogen and oxygen atoms in total. The molecule has 3 aromatic rings. The fourth-order valence-corrected chi connectivity index (χ4v) is 6.33. The van der Waals surface area contributed by atoms with Crippen molar-refractivity contribution in [2.45, 2.75) is 31.6 Å². The summed E-state index contributed by atoms with van der Waals surface area (Å²) in [6, 6.07) is 12.9. The molecule has 0 saturated carbocycles. The van der Waals surface area contributed by atoms with E-state index in [-0.39, 0.29) is 23.0 Å². The summed E-state index contributed by atoms with van der Waals surface area (Å²) in [5.74, 6) is -0.381. The van der Waals surface area contributed by atoms with Gasteiger partial charge in [0.2, 0.25) is 10.0 Å². The number of aryl methyl sites for hydroxylation is 1. The van der Waals surface area contributed by atoms with Gasteiger partial charge in [-0.1, -0.05) is 23.3 Å². The maximum absolute atomic E-state index is 13.4. The van der Waals surface area contributed by atoms with Crippen LogP contribution in [-0.4, -0.2) is 41.4 Å². The average Bonchev–Trinajstić information content (AvgIpc) is 3.20. The number of rotatable bonds is 4. The standard InChI is InChI=1S/C25H24FN3O3S/c1-17-3-9-23(10-4-17)33(31,32)28-12-11-20-13-24-19(14-25(20,16-28)18(2)30)15-27-29(24)22-7-5-21(26)6-8-22/h3-10,13,15H,11-12,14,16H2,1-2H3/t25-/m1/s1. The first-order chi connectivity index (χ1) is 15.7. The summed E-state index contributed by atoms with van der Waals surface area (Å²) >= 11 is 0. The second-order valence-electron chi connectivity index (χ2n) is 8.83. The lowest BCUT2D eigenvalue weighted by molar-refractivity contribution is -0.125. The molecule has 1 aromatic heterocycles. The SMILES string of the molecule is CC(=O)[C@]12Cc3cnn(-c4ccc(F)cc4)c3C=C1CCN(S(=O)(=O)c1ccc(C)cc1)C2. The Morgan fingerprint density at radius 3 is 2.45 bits per heavy atom. The molecule has 0 spiro atoms. The molecule has 2 aliphatic rings. The predicted molar refractivity (Wildman–Crippen MR) is 123 cm³/mol. The summed E-state index contributed by atoms with van der Waals surface area (Å²) in [5.41, 5.74) is 3.43. The van der Waals surface area contributed by atoms with E-state index in [0.29, 0.717) is 19.4 Å². The van der Waals surface area contributed by atoms with Crippen LogP contribution in [0.4, 0.5) is 4.39 Å². The van der Waals surface area contributed by atoms with Crippen LogP contribution in [0.5, 0.6) is 0 Å². The lowest BCUT2D eigenvalue weighted by Gasteiger charge is -2.44. The Morgan fingerprint density at radius 2 is 1.79 bits per heavy atom. The largest absolute Gasteiger partial charge is 0.299 e. The maximum Gasteiger partial charge on any atom is 0.243 e. The molecule has 5 rings (SSSR count). The van der Waals surface area contributed by atoms with E-state index in [1.54, 1.807) is 47.3 Å². The Balaban J connectivity index is 1.52. The van der Waals surface area contributed by atoms with Crippen molar-refractivity contribution in [3.8, 4) is 5.69 Å². The highest BCUT2D eigenvalue weighted by Gasteiger charge is 2.49. The van der Waals surface area contributed by atoms with Crippen LogP contribution in [0.1, 0.15) is 30.2 Å². The number of Topliss-reactive ketones (excluding diaryl/α,β-unsaturated/α-hetero) is 1. The van der Waals surface area contributed by atoms with E-state index in [0.717, 1.165) is 28.1 Å². The molecule has 1 saturated heterocycles. The van der Waals surface area contributed by atoms with Crippen molar-refractivity contribution in [1.82, 2.24) is 14.1 Å². The molecule has 0 amide bonds. The van der Waals surface area contributed by atoms with E-state index in [2.05, 4.69) is 5.10 Å². The summed E-state index contributed by atoms with van der Waals surface area (Å²) < 4.78 is 43.2. The summed E-state index contributed by atoms with van der Waals surface area (Å²) in [5, 5.41) is 4.48. The number of hydrogen-bond donors (Lipinski definition) is 0. The van der Waals surface area contributed by atoms with Gasteiger partial charge >= 0.3 is 0 Å². The fourth-order valence-electron chi connectivity index (χ4n) is 4.83. The topological polar surface area (TPSA) is 72.3 Å². The summed E-state index contributed by atoms with van der Waals surface area (Å²) in [4.78, 5) is 13.2. The van der Waals surface area contributed by atoms with Gasteiger partial charge in [0, 0.05) is 13.1 Å². The van der Waals surface area contributed by atoms with Gasteiger partial charge in [-0.25, -0.2) is 17.5 Å². The minimum Gasteiger partial charge on any atom is -0.299 e. The average molecular weight is 466 g/mol. The zero-order valence-electron chi connectivity index (χ0n) is 18.5. The molecule has 2 heterocycles. The number of fused-ring (bicyclic) bond motifs is 2. The van der Waals surface area contributed by atoms with Crippen LogP contribution in [0.15, 0.2) is 65.2 Å². The Morgan fingerprint density at radius 1 is 1.09 bits per heavy atom. The zero-order chi connectivity index (χ0) is 23.4. The second kappa shape index (κ2) is 7.74. The number of piperidine rings is 1. The third-order valence-corrected chi connectivity index (χ3v) is 8.64. The Kier molecular flexibility index (Phi) is 5.10. The molecule has 1 aliphatic heterocycles. The zero-order valence-corrected chi connectivity index (χ0v) is 19.3. The van der Waals surface area contributed by atoms with Gasteiger partial charge in [-0.2, -0.15) is 9.40 Å². The number of halogens is 1. The molecule has 1 aliphatic carbocycles. The molecule has 8 heteroatoms. The molecule has 1 atom stereocenters. The predicted octanol–water partition coefficient (Wildman–Crippen LogP) is 3.93. The van der Waals surface area contributed by atoms with E-state index in [4.69, 9.17) is 0 Å². The van der Waals surface area contributed by atoms with Crippen LogP contribution >= 0.6 is 0 Å². The monoisotopic (exact) mass is 465 g/mol. The van der Waals surface area contributed by atoms with Crippen molar-refractivity contribution < 1.29 is 17.6 Å². The molecule has 33 heavy (non-hydrogen) atoms. The number of sulfonamides is 1. The summed E-state index contributed by atoms with van der Waals surface area (Å²) in [7, 11) is -3.72. The van der Waals surface area contributed by atoms with E-state index >= 15 is 0 Å². The van der Waals surface area contributed by atoms with Gasteiger partial charge in [0.05, 0.1) is 27.9 Å². The van der Waals surface area contributed by atoms with Crippen molar-refractivity contribution >= 4 is 21.9 Å². The molecule has 170 valence electrons. The second-order valence-corrected chi connectivity index (χ2v) is 10.8. The van der Waals surface area contributed by atoms with Crippen LogP contribution in [0.2, 0.25) is 0 Å².